The number of benzene rings is 2. The third-order valence-corrected chi connectivity index (χ3v) is 5.10. The van der Waals surface area contributed by atoms with Crippen molar-refractivity contribution in [2.24, 2.45) is 10.9 Å². The average molecular weight is 408 g/mol. The highest BCUT2D eigenvalue weighted by Gasteiger charge is 2.56. The molecule has 0 aliphatic carbocycles. The van der Waals surface area contributed by atoms with E-state index in [9.17, 15) is 22.4 Å². The van der Waals surface area contributed by atoms with Crippen molar-refractivity contribution in [1.29, 1.82) is 0 Å². The highest BCUT2D eigenvalue weighted by molar-refractivity contribution is 6.04. The van der Waals surface area contributed by atoms with Gasteiger partial charge < -0.3 is 4.74 Å². The summed E-state index contributed by atoms with van der Waals surface area (Å²) in [5.41, 5.74) is -1.35. The SMILES string of the molecule is CC[C@H]1[C@@H](C(F)(F)F)OC(NC(=O)c2ccccc2)=N[C@]1(C)c1ccccc1F. The van der Waals surface area contributed by atoms with E-state index in [1.807, 2.05) is 0 Å². The molecule has 0 spiro atoms. The molecule has 1 heterocycles. The highest BCUT2D eigenvalue weighted by atomic mass is 19.4. The number of carbonyl (C=O) groups excluding carboxylic acids is 1. The minimum absolute atomic E-state index is 0.0101. The minimum Gasteiger partial charge on any atom is -0.452 e. The lowest BCUT2D eigenvalue weighted by molar-refractivity contribution is -0.226. The van der Waals surface area contributed by atoms with Crippen LogP contribution in [0.4, 0.5) is 17.6 Å². The van der Waals surface area contributed by atoms with Gasteiger partial charge in [0.1, 0.15) is 5.82 Å². The lowest BCUT2D eigenvalue weighted by Crippen LogP contribution is -2.55. The molecule has 4 nitrogen and oxygen atoms in total. The molecule has 3 atom stereocenters. The summed E-state index contributed by atoms with van der Waals surface area (Å²) < 4.78 is 61.0. The van der Waals surface area contributed by atoms with Gasteiger partial charge in [-0.2, -0.15) is 13.2 Å². The smallest absolute Gasteiger partial charge is 0.425 e. The molecule has 1 aliphatic heterocycles. The van der Waals surface area contributed by atoms with Crippen LogP contribution in [0.2, 0.25) is 0 Å². The molecule has 29 heavy (non-hydrogen) atoms. The van der Waals surface area contributed by atoms with Gasteiger partial charge in [0.25, 0.3) is 11.9 Å². The van der Waals surface area contributed by atoms with Crippen molar-refractivity contribution in [3.8, 4) is 0 Å². The Kier molecular flexibility index (Phi) is 5.64. The van der Waals surface area contributed by atoms with Gasteiger partial charge in [0.2, 0.25) is 6.10 Å². The topological polar surface area (TPSA) is 50.7 Å². The molecular weight excluding hydrogens is 388 g/mol. The summed E-state index contributed by atoms with van der Waals surface area (Å²) in [4.78, 5) is 16.7. The fraction of sp³-hybridized carbons (Fsp3) is 0.333. The predicted molar refractivity (Wildman–Crippen MR) is 99.8 cm³/mol. The third-order valence-electron chi connectivity index (χ3n) is 5.10. The van der Waals surface area contributed by atoms with Crippen LogP contribution in [0.3, 0.4) is 0 Å². The van der Waals surface area contributed by atoms with Crippen molar-refractivity contribution in [2.45, 2.75) is 38.1 Å². The zero-order valence-corrected chi connectivity index (χ0v) is 15.8. The van der Waals surface area contributed by atoms with E-state index in [4.69, 9.17) is 4.74 Å². The summed E-state index contributed by atoms with van der Waals surface area (Å²) in [6, 6.07) is 12.9. The first-order valence-corrected chi connectivity index (χ1v) is 9.11. The van der Waals surface area contributed by atoms with Gasteiger partial charge in [0, 0.05) is 17.0 Å². The zero-order valence-electron chi connectivity index (χ0n) is 15.8. The predicted octanol–water partition coefficient (Wildman–Crippen LogP) is 4.81. The van der Waals surface area contributed by atoms with Gasteiger partial charge in [-0.25, -0.2) is 9.38 Å². The van der Waals surface area contributed by atoms with E-state index in [0.29, 0.717) is 0 Å². The number of alkyl halides is 3. The lowest BCUT2D eigenvalue weighted by atomic mass is 9.74. The molecule has 1 aliphatic rings. The second kappa shape index (κ2) is 7.85. The molecular formula is C21H20F4N2O2. The van der Waals surface area contributed by atoms with Gasteiger partial charge in [-0.3, -0.25) is 10.1 Å². The van der Waals surface area contributed by atoms with Crippen molar-refractivity contribution in [1.82, 2.24) is 5.32 Å². The molecule has 0 saturated carbocycles. The second-order valence-corrected chi connectivity index (χ2v) is 6.96. The summed E-state index contributed by atoms with van der Waals surface area (Å²) in [6.07, 6.45) is -6.94. The number of nitrogens with one attached hydrogen (secondary N) is 1. The second-order valence-electron chi connectivity index (χ2n) is 6.96. The number of aliphatic imine (C=N–C) groups is 1. The Morgan fingerprint density at radius 2 is 1.76 bits per heavy atom. The number of amidine groups is 1. The highest BCUT2D eigenvalue weighted by Crippen LogP contribution is 2.46. The Bertz CT molecular complexity index is 914. The fourth-order valence-corrected chi connectivity index (χ4v) is 3.67. The van der Waals surface area contributed by atoms with Gasteiger partial charge in [-0.1, -0.05) is 43.3 Å². The normalized spacial score (nSPS) is 24.4. The van der Waals surface area contributed by atoms with E-state index in [0.717, 1.165) is 0 Å². The Hall–Kier alpha value is -2.90. The van der Waals surface area contributed by atoms with Crippen LogP contribution >= 0.6 is 0 Å². The number of amides is 1. The number of rotatable bonds is 3. The monoisotopic (exact) mass is 408 g/mol. The Balaban J connectivity index is 2.07. The first kappa shape index (κ1) is 20.8. The maximum atomic E-state index is 14.5. The number of hydrogen-bond donors (Lipinski definition) is 1. The number of hydrogen-bond acceptors (Lipinski definition) is 3. The van der Waals surface area contributed by atoms with Gasteiger partial charge in [0.05, 0.1) is 5.54 Å². The van der Waals surface area contributed by atoms with E-state index in [1.165, 1.54) is 43.3 Å². The standard InChI is InChI=1S/C21H20F4N2O2/c1-3-14-17(21(23,24)25)29-19(26-18(28)13-9-5-4-6-10-13)27-20(14,2)15-11-7-8-12-16(15)22/h4-12,14,17H,3H2,1-2H3,(H,26,27,28)/t14-,17-,20-/m0/s1. The van der Waals surface area contributed by atoms with E-state index in [2.05, 4.69) is 10.3 Å². The van der Waals surface area contributed by atoms with E-state index < -0.39 is 41.5 Å². The van der Waals surface area contributed by atoms with Crippen LogP contribution in [0.5, 0.6) is 0 Å². The molecule has 2 aromatic rings. The van der Waals surface area contributed by atoms with Crippen LogP contribution in [0.1, 0.15) is 36.2 Å². The summed E-state index contributed by atoms with van der Waals surface area (Å²) in [5.74, 6) is -2.53. The van der Waals surface area contributed by atoms with Gasteiger partial charge in [0.15, 0.2) is 0 Å². The first-order chi connectivity index (χ1) is 13.7. The largest absolute Gasteiger partial charge is 0.452 e. The molecule has 0 bridgehead atoms. The zero-order chi connectivity index (χ0) is 21.2. The van der Waals surface area contributed by atoms with Crippen molar-refractivity contribution < 1.29 is 27.1 Å². The molecule has 0 radical (unpaired) electrons. The minimum atomic E-state index is -4.73. The van der Waals surface area contributed by atoms with Crippen LogP contribution in [-0.4, -0.2) is 24.2 Å². The van der Waals surface area contributed by atoms with Crippen LogP contribution in [0.15, 0.2) is 59.6 Å². The fourth-order valence-electron chi connectivity index (χ4n) is 3.67. The number of ether oxygens (including phenoxy) is 1. The Morgan fingerprint density at radius 3 is 2.34 bits per heavy atom. The maximum absolute atomic E-state index is 14.5. The molecule has 0 saturated heterocycles. The van der Waals surface area contributed by atoms with E-state index in [-0.39, 0.29) is 17.5 Å². The Labute approximate surface area is 165 Å². The van der Waals surface area contributed by atoms with Crippen LogP contribution in [-0.2, 0) is 10.3 Å². The first-order valence-electron chi connectivity index (χ1n) is 9.11. The molecule has 1 amide bonds. The number of nitrogens with zero attached hydrogens (tertiary/aromatic N) is 1. The van der Waals surface area contributed by atoms with Gasteiger partial charge in [-0.05, 0) is 31.5 Å². The van der Waals surface area contributed by atoms with E-state index >= 15 is 0 Å². The Morgan fingerprint density at radius 1 is 1.14 bits per heavy atom. The van der Waals surface area contributed by atoms with Gasteiger partial charge >= 0.3 is 6.18 Å². The maximum Gasteiger partial charge on any atom is 0.425 e. The van der Waals surface area contributed by atoms with Crippen molar-refractivity contribution in [3.05, 3.63) is 71.5 Å². The number of halogens is 4. The lowest BCUT2D eigenvalue weighted by Gasteiger charge is -2.43. The molecule has 154 valence electrons. The summed E-state index contributed by atoms with van der Waals surface area (Å²) in [5, 5.41) is 2.29. The molecule has 0 fully saturated rings. The summed E-state index contributed by atoms with van der Waals surface area (Å²) in [7, 11) is 0. The molecule has 3 rings (SSSR count). The van der Waals surface area contributed by atoms with Crippen molar-refractivity contribution >= 4 is 11.9 Å². The molecule has 8 heteroatoms. The number of carbonyl (C=O) groups is 1. The molecule has 2 aromatic carbocycles. The van der Waals surface area contributed by atoms with E-state index in [1.54, 1.807) is 25.1 Å². The van der Waals surface area contributed by atoms with Crippen molar-refractivity contribution in [3.63, 3.8) is 0 Å². The molecule has 1 N–H and O–H groups in total. The van der Waals surface area contributed by atoms with Crippen LogP contribution in [0, 0.1) is 11.7 Å². The van der Waals surface area contributed by atoms with Gasteiger partial charge in [-0.15, -0.1) is 0 Å². The summed E-state index contributed by atoms with van der Waals surface area (Å²) >= 11 is 0. The van der Waals surface area contributed by atoms with Crippen LogP contribution in [0.25, 0.3) is 0 Å². The third kappa shape index (κ3) is 4.11. The average Bonchev–Trinajstić information content (AvgIpc) is 2.67. The quantitative estimate of drug-likeness (QED) is 0.741. The molecule has 0 unspecified atom stereocenters. The van der Waals surface area contributed by atoms with Crippen LogP contribution < -0.4 is 5.32 Å². The van der Waals surface area contributed by atoms with Crippen molar-refractivity contribution in [2.75, 3.05) is 0 Å². The molecule has 0 aromatic heterocycles. The summed E-state index contributed by atoms with van der Waals surface area (Å²) in [6.45, 7) is 2.99.